The van der Waals surface area contributed by atoms with Gasteiger partial charge in [-0.2, -0.15) is 5.10 Å². The molecule has 0 fully saturated rings. The minimum absolute atomic E-state index is 0.175. The number of rotatable bonds is 5. The van der Waals surface area contributed by atoms with E-state index in [0.717, 1.165) is 10.6 Å². The number of carbonyl (C=O) groups is 2. The van der Waals surface area contributed by atoms with Crippen LogP contribution in [0.25, 0.3) is 10.6 Å². The second-order valence-electron chi connectivity index (χ2n) is 4.85. The summed E-state index contributed by atoms with van der Waals surface area (Å²) in [5, 5.41) is 14.3. The fourth-order valence-corrected chi connectivity index (χ4v) is 2.95. The summed E-state index contributed by atoms with van der Waals surface area (Å²) in [6.07, 6.45) is 0. The van der Waals surface area contributed by atoms with E-state index in [-0.39, 0.29) is 12.5 Å². The summed E-state index contributed by atoms with van der Waals surface area (Å²) in [4.78, 5) is 24.9. The molecule has 2 aromatic heterocycles. The summed E-state index contributed by atoms with van der Waals surface area (Å²) in [5.74, 6) is -0.382. The zero-order valence-corrected chi connectivity index (χ0v) is 13.9. The van der Waals surface area contributed by atoms with E-state index in [1.165, 1.54) is 0 Å². The lowest BCUT2D eigenvalue weighted by molar-refractivity contribution is -0.115. The molecule has 122 valence electrons. The van der Waals surface area contributed by atoms with E-state index in [2.05, 4.69) is 20.8 Å². The van der Waals surface area contributed by atoms with Crippen molar-refractivity contribution in [2.75, 3.05) is 11.9 Å². The molecule has 0 aliphatic carbocycles. The Morgan fingerprint density at radius 2 is 2.04 bits per heavy atom. The number of halogens is 1. The quantitative estimate of drug-likeness (QED) is 0.653. The monoisotopic (exact) mass is 360 g/mol. The van der Waals surface area contributed by atoms with Crippen molar-refractivity contribution in [3.63, 3.8) is 0 Å². The number of carbonyl (C=O) groups excluding carboxylic acids is 2. The lowest BCUT2D eigenvalue weighted by atomic mass is 10.2. The fourth-order valence-electron chi connectivity index (χ4n) is 2.03. The van der Waals surface area contributed by atoms with Crippen LogP contribution < -0.4 is 10.6 Å². The number of anilines is 1. The van der Waals surface area contributed by atoms with Crippen LogP contribution in [0.15, 0.2) is 47.8 Å². The summed E-state index contributed by atoms with van der Waals surface area (Å²) in [5.41, 5.74) is 1.15. The Labute approximate surface area is 146 Å². The number of hydrogen-bond acceptors (Lipinski definition) is 4. The Kier molecular flexibility index (Phi) is 4.93. The second-order valence-corrected chi connectivity index (χ2v) is 6.21. The third kappa shape index (κ3) is 3.81. The molecule has 2 amide bonds. The standard InChI is InChI=1S/C16H13ClN4O2S/c17-11-5-2-1-4-10(11)16(23)18-9-15(22)19-14-8-12(20-21-14)13-6-3-7-24-13/h1-8H,9H2,(H,18,23)(H2,19,20,21,22). The van der Waals surface area contributed by atoms with Gasteiger partial charge in [-0.25, -0.2) is 0 Å². The van der Waals surface area contributed by atoms with Crippen LogP contribution in [0.5, 0.6) is 0 Å². The summed E-state index contributed by atoms with van der Waals surface area (Å²) < 4.78 is 0. The Balaban J connectivity index is 1.55. The molecule has 0 saturated heterocycles. The van der Waals surface area contributed by atoms with Crippen LogP contribution in [0.2, 0.25) is 5.02 Å². The van der Waals surface area contributed by atoms with Gasteiger partial charge >= 0.3 is 0 Å². The predicted octanol–water partition coefficient (Wildman–Crippen LogP) is 3.16. The molecule has 0 aliphatic heterocycles. The van der Waals surface area contributed by atoms with Crippen LogP contribution in [-0.2, 0) is 4.79 Å². The van der Waals surface area contributed by atoms with Gasteiger partial charge in [-0.15, -0.1) is 11.3 Å². The maximum Gasteiger partial charge on any atom is 0.253 e. The van der Waals surface area contributed by atoms with E-state index in [1.807, 2.05) is 17.5 Å². The zero-order valence-electron chi connectivity index (χ0n) is 12.4. The molecule has 0 atom stereocenters. The van der Waals surface area contributed by atoms with E-state index in [1.54, 1.807) is 41.7 Å². The third-order valence-electron chi connectivity index (χ3n) is 3.16. The van der Waals surface area contributed by atoms with Crippen molar-refractivity contribution in [3.05, 3.63) is 58.4 Å². The van der Waals surface area contributed by atoms with Gasteiger partial charge in [-0.05, 0) is 23.6 Å². The van der Waals surface area contributed by atoms with Gasteiger partial charge in [0, 0.05) is 6.07 Å². The molecular weight excluding hydrogens is 348 g/mol. The number of benzene rings is 1. The minimum atomic E-state index is -0.406. The Bertz CT molecular complexity index is 861. The first kappa shape index (κ1) is 16.2. The van der Waals surface area contributed by atoms with E-state index >= 15 is 0 Å². The summed E-state index contributed by atoms with van der Waals surface area (Å²) in [7, 11) is 0. The molecule has 6 nitrogen and oxygen atoms in total. The van der Waals surface area contributed by atoms with Gasteiger partial charge in [0.05, 0.1) is 27.7 Å². The van der Waals surface area contributed by atoms with Crippen molar-refractivity contribution in [1.29, 1.82) is 0 Å². The van der Waals surface area contributed by atoms with Crippen LogP contribution >= 0.6 is 22.9 Å². The average molecular weight is 361 g/mol. The van der Waals surface area contributed by atoms with Gasteiger partial charge in [0.25, 0.3) is 5.91 Å². The molecule has 3 N–H and O–H groups in total. The molecule has 0 bridgehead atoms. The topological polar surface area (TPSA) is 86.9 Å². The van der Waals surface area contributed by atoms with Crippen molar-refractivity contribution < 1.29 is 9.59 Å². The third-order valence-corrected chi connectivity index (χ3v) is 4.39. The summed E-state index contributed by atoms with van der Waals surface area (Å²) in [6.45, 7) is -0.175. The van der Waals surface area contributed by atoms with E-state index in [0.29, 0.717) is 16.4 Å². The molecule has 24 heavy (non-hydrogen) atoms. The molecule has 2 heterocycles. The molecule has 3 rings (SSSR count). The number of thiophene rings is 1. The summed E-state index contributed by atoms with van der Waals surface area (Å²) in [6, 6.07) is 12.3. The first-order valence-electron chi connectivity index (χ1n) is 7.05. The molecule has 1 aromatic carbocycles. The SMILES string of the molecule is O=C(CNC(=O)c1ccccc1Cl)Nc1cc(-c2cccs2)[nH]n1. The highest BCUT2D eigenvalue weighted by molar-refractivity contribution is 7.13. The van der Waals surface area contributed by atoms with Gasteiger partial charge in [0.15, 0.2) is 5.82 Å². The Morgan fingerprint density at radius 1 is 1.21 bits per heavy atom. The lowest BCUT2D eigenvalue weighted by Gasteiger charge is -2.06. The highest BCUT2D eigenvalue weighted by Gasteiger charge is 2.12. The summed E-state index contributed by atoms with van der Waals surface area (Å²) >= 11 is 7.51. The molecular formula is C16H13ClN4O2S. The fraction of sp³-hybridized carbons (Fsp3) is 0.0625. The Morgan fingerprint density at radius 3 is 2.79 bits per heavy atom. The molecule has 0 aliphatic rings. The van der Waals surface area contributed by atoms with Crippen molar-refractivity contribution in [3.8, 4) is 10.6 Å². The number of aromatic nitrogens is 2. The molecule has 0 saturated carbocycles. The molecule has 0 unspecified atom stereocenters. The van der Waals surface area contributed by atoms with Gasteiger partial charge in [0.1, 0.15) is 0 Å². The van der Waals surface area contributed by atoms with E-state index in [4.69, 9.17) is 11.6 Å². The van der Waals surface area contributed by atoms with Crippen molar-refractivity contribution in [2.45, 2.75) is 0 Å². The van der Waals surface area contributed by atoms with Gasteiger partial charge < -0.3 is 10.6 Å². The number of nitrogens with one attached hydrogen (secondary N) is 3. The Hall–Kier alpha value is -2.64. The van der Waals surface area contributed by atoms with Gasteiger partial charge in [-0.3, -0.25) is 14.7 Å². The maximum absolute atomic E-state index is 12.0. The molecule has 8 heteroatoms. The van der Waals surface area contributed by atoms with Crippen LogP contribution in [0.3, 0.4) is 0 Å². The largest absolute Gasteiger partial charge is 0.343 e. The number of hydrogen-bond donors (Lipinski definition) is 3. The molecule has 0 spiro atoms. The van der Waals surface area contributed by atoms with Gasteiger partial charge in [-0.1, -0.05) is 29.8 Å². The smallest absolute Gasteiger partial charge is 0.253 e. The normalized spacial score (nSPS) is 10.4. The lowest BCUT2D eigenvalue weighted by Crippen LogP contribution is -2.33. The predicted molar refractivity (Wildman–Crippen MR) is 94.3 cm³/mol. The molecule has 0 radical (unpaired) electrons. The first-order valence-corrected chi connectivity index (χ1v) is 8.31. The zero-order chi connectivity index (χ0) is 16.9. The first-order chi connectivity index (χ1) is 11.6. The van der Waals surface area contributed by atoms with E-state index in [9.17, 15) is 9.59 Å². The number of H-pyrrole nitrogens is 1. The van der Waals surface area contributed by atoms with Crippen LogP contribution in [0, 0.1) is 0 Å². The van der Waals surface area contributed by atoms with Gasteiger partial charge in [0.2, 0.25) is 5.91 Å². The van der Waals surface area contributed by atoms with Crippen LogP contribution in [-0.4, -0.2) is 28.6 Å². The van der Waals surface area contributed by atoms with Crippen LogP contribution in [0.4, 0.5) is 5.82 Å². The maximum atomic E-state index is 12.0. The second kappa shape index (κ2) is 7.29. The highest BCUT2D eigenvalue weighted by atomic mass is 35.5. The minimum Gasteiger partial charge on any atom is -0.343 e. The van der Waals surface area contributed by atoms with Crippen LogP contribution in [0.1, 0.15) is 10.4 Å². The molecule has 3 aromatic rings. The van der Waals surface area contributed by atoms with Crippen molar-refractivity contribution >= 4 is 40.6 Å². The van der Waals surface area contributed by atoms with Crippen molar-refractivity contribution in [2.24, 2.45) is 0 Å². The average Bonchev–Trinajstić information content (AvgIpc) is 3.24. The number of amides is 2. The highest BCUT2D eigenvalue weighted by Crippen LogP contribution is 2.24. The number of aromatic amines is 1. The van der Waals surface area contributed by atoms with E-state index < -0.39 is 5.91 Å². The van der Waals surface area contributed by atoms with Crippen molar-refractivity contribution in [1.82, 2.24) is 15.5 Å². The number of nitrogens with zero attached hydrogens (tertiary/aromatic N) is 1.